The molecule has 0 radical (unpaired) electrons. The van der Waals surface area contributed by atoms with Crippen molar-refractivity contribution in [1.82, 2.24) is 0 Å². The van der Waals surface area contributed by atoms with E-state index in [1.807, 2.05) is 0 Å². The molecule has 0 aromatic heterocycles. The molecule has 1 heteroatoms. The maximum Gasteiger partial charge on any atom is 0.0338 e. The lowest BCUT2D eigenvalue weighted by atomic mass is 9.97. The summed E-state index contributed by atoms with van der Waals surface area (Å²) < 4.78 is 1.20. The van der Waals surface area contributed by atoms with Gasteiger partial charge >= 0.3 is 0 Å². The van der Waals surface area contributed by atoms with Crippen LogP contribution in [0, 0.1) is 6.92 Å². The second-order valence-corrected chi connectivity index (χ2v) is 6.06. The molecule has 4 rings (SSSR count). The number of hydrogen-bond acceptors (Lipinski definition) is 0. The Morgan fingerprint density at radius 3 is 2.10 bits per heavy atom. The van der Waals surface area contributed by atoms with Gasteiger partial charge in [-0.15, -0.1) is 0 Å². The highest BCUT2D eigenvalue weighted by molar-refractivity contribution is 9.15. The number of hydrogen-bond donors (Lipinski definition) is 0. The van der Waals surface area contributed by atoms with Crippen LogP contribution in [0.25, 0.3) is 20.8 Å². The Hall–Kier alpha value is -1.86. The molecule has 0 bridgehead atoms. The molecule has 0 nitrogen and oxygen atoms in total. The summed E-state index contributed by atoms with van der Waals surface area (Å²) in [5, 5.41) is 2.66. The first kappa shape index (κ1) is 11.9. The predicted octanol–water partition coefficient (Wildman–Crippen LogP) is 5.77. The summed E-state index contributed by atoms with van der Waals surface area (Å²) in [5.41, 5.74) is 6.49. The Morgan fingerprint density at radius 1 is 0.750 bits per heavy atom. The zero-order chi connectivity index (χ0) is 13.7. The molecular formula is C19H13Br. The minimum atomic E-state index is 1.20. The largest absolute Gasteiger partial charge is 0.0610 e. The Balaban J connectivity index is 2.05. The van der Waals surface area contributed by atoms with Gasteiger partial charge in [0.25, 0.3) is 0 Å². The fourth-order valence-corrected chi connectivity index (χ4v) is 3.76. The van der Waals surface area contributed by atoms with Crippen LogP contribution >= 0.6 is 15.9 Å². The standard InChI is InChI=1S/C19H13Br/c1-12-8-10-14(11-9-12)18-15-6-2-4-13-5-3-7-16(17(13)15)19(18)20/h2-11H,1H3. The lowest BCUT2D eigenvalue weighted by Crippen LogP contribution is -1.86. The summed E-state index contributed by atoms with van der Waals surface area (Å²) in [7, 11) is 0. The van der Waals surface area contributed by atoms with E-state index in [2.05, 4.69) is 83.5 Å². The summed E-state index contributed by atoms with van der Waals surface area (Å²) in [6, 6.07) is 21.8. The Morgan fingerprint density at radius 2 is 1.40 bits per heavy atom. The minimum Gasteiger partial charge on any atom is -0.0610 e. The van der Waals surface area contributed by atoms with Crippen LogP contribution in [0.4, 0.5) is 0 Å². The molecule has 0 saturated carbocycles. The van der Waals surface area contributed by atoms with Crippen molar-refractivity contribution in [3.63, 3.8) is 0 Å². The van der Waals surface area contributed by atoms with Gasteiger partial charge in [0.1, 0.15) is 0 Å². The molecule has 20 heavy (non-hydrogen) atoms. The molecule has 0 N–H and O–H groups in total. The quantitative estimate of drug-likeness (QED) is 0.533. The van der Waals surface area contributed by atoms with Gasteiger partial charge in [-0.1, -0.05) is 66.2 Å². The first-order valence-electron chi connectivity index (χ1n) is 6.75. The fraction of sp³-hybridized carbons (Fsp3) is 0.0526. The van der Waals surface area contributed by atoms with Gasteiger partial charge in [-0.05, 0) is 50.3 Å². The van der Waals surface area contributed by atoms with Gasteiger partial charge in [0.05, 0.1) is 0 Å². The van der Waals surface area contributed by atoms with Gasteiger partial charge in [0, 0.05) is 10.1 Å². The van der Waals surface area contributed by atoms with Gasteiger partial charge in [0.2, 0.25) is 0 Å². The average molecular weight is 321 g/mol. The molecule has 3 aromatic rings. The molecule has 1 aliphatic rings. The minimum absolute atomic E-state index is 1.20. The fourth-order valence-electron chi connectivity index (χ4n) is 2.99. The molecule has 3 aromatic carbocycles. The summed E-state index contributed by atoms with van der Waals surface area (Å²) in [5.74, 6) is 0. The molecule has 0 fully saturated rings. The van der Waals surface area contributed by atoms with Gasteiger partial charge in [-0.3, -0.25) is 0 Å². The Labute approximate surface area is 126 Å². The molecule has 0 spiro atoms. The van der Waals surface area contributed by atoms with Crippen LogP contribution in [0.15, 0.2) is 60.7 Å². The summed E-state index contributed by atoms with van der Waals surface area (Å²) in [6.07, 6.45) is 0. The topological polar surface area (TPSA) is 0 Å². The van der Waals surface area contributed by atoms with Crippen LogP contribution < -0.4 is 0 Å². The van der Waals surface area contributed by atoms with Gasteiger partial charge < -0.3 is 0 Å². The molecule has 0 atom stereocenters. The van der Waals surface area contributed by atoms with E-state index in [0.29, 0.717) is 0 Å². The molecule has 0 amide bonds. The summed E-state index contributed by atoms with van der Waals surface area (Å²) in [6.45, 7) is 2.12. The Kier molecular flexibility index (Phi) is 2.58. The van der Waals surface area contributed by atoms with Crippen molar-refractivity contribution in [1.29, 1.82) is 0 Å². The van der Waals surface area contributed by atoms with E-state index in [1.54, 1.807) is 0 Å². The van der Waals surface area contributed by atoms with Crippen molar-refractivity contribution in [3.8, 4) is 0 Å². The highest BCUT2D eigenvalue weighted by Crippen LogP contribution is 2.47. The predicted molar refractivity (Wildman–Crippen MR) is 90.0 cm³/mol. The molecule has 0 aliphatic heterocycles. The zero-order valence-electron chi connectivity index (χ0n) is 11.2. The van der Waals surface area contributed by atoms with E-state index in [1.165, 1.54) is 43.1 Å². The summed E-state index contributed by atoms with van der Waals surface area (Å²) in [4.78, 5) is 0. The van der Waals surface area contributed by atoms with E-state index in [0.717, 1.165) is 0 Å². The average Bonchev–Trinajstić information content (AvgIpc) is 2.76. The molecule has 0 heterocycles. The summed E-state index contributed by atoms with van der Waals surface area (Å²) >= 11 is 3.81. The molecule has 0 unspecified atom stereocenters. The second kappa shape index (κ2) is 4.32. The molecule has 1 aliphatic carbocycles. The van der Waals surface area contributed by atoms with E-state index in [4.69, 9.17) is 0 Å². The first-order valence-corrected chi connectivity index (χ1v) is 7.54. The lowest BCUT2D eigenvalue weighted by Gasteiger charge is -2.07. The van der Waals surface area contributed by atoms with Crippen molar-refractivity contribution < 1.29 is 0 Å². The van der Waals surface area contributed by atoms with Crippen molar-refractivity contribution in [2.75, 3.05) is 0 Å². The smallest absolute Gasteiger partial charge is 0.0338 e. The van der Waals surface area contributed by atoms with Crippen LogP contribution in [-0.2, 0) is 0 Å². The Bertz CT molecular complexity index is 849. The van der Waals surface area contributed by atoms with Crippen molar-refractivity contribution in [2.24, 2.45) is 0 Å². The second-order valence-electron chi connectivity index (χ2n) is 5.26. The van der Waals surface area contributed by atoms with Crippen molar-refractivity contribution >= 4 is 36.8 Å². The normalized spacial score (nSPS) is 13.3. The highest BCUT2D eigenvalue weighted by atomic mass is 79.9. The highest BCUT2D eigenvalue weighted by Gasteiger charge is 2.23. The van der Waals surface area contributed by atoms with Crippen molar-refractivity contribution in [3.05, 3.63) is 82.9 Å². The number of halogens is 1. The monoisotopic (exact) mass is 320 g/mol. The molecular weight excluding hydrogens is 308 g/mol. The molecule has 0 saturated heterocycles. The van der Waals surface area contributed by atoms with Gasteiger partial charge in [0.15, 0.2) is 0 Å². The van der Waals surface area contributed by atoms with Crippen LogP contribution in [-0.4, -0.2) is 0 Å². The third kappa shape index (κ3) is 1.60. The third-order valence-electron chi connectivity index (χ3n) is 3.97. The van der Waals surface area contributed by atoms with Gasteiger partial charge in [-0.25, -0.2) is 0 Å². The van der Waals surface area contributed by atoms with E-state index in [-0.39, 0.29) is 0 Å². The van der Waals surface area contributed by atoms with E-state index >= 15 is 0 Å². The zero-order valence-corrected chi connectivity index (χ0v) is 12.7. The van der Waals surface area contributed by atoms with Crippen LogP contribution in [0.2, 0.25) is 0 Å². The van der Waals surface area contributed by atoms with Crippen LogP contribution in [0.5, 0.6) is 0 Å². The third-order valence-corrected chi connectivity index (χ3v) is 4.79. The maximum absolute atomic E-state index is 3.81. The SMILES string of the molecule is Cc1ccc(C2=C(Br)c3cccc4cccc2c34)cc1. The lowest BCUT2D eigenvalue weighted by molar-refractivity contribution is 1.45. The van der Waals surface area contributed by atoms with Crippen LogP contribution in [0.3, 0.4) is 0 Å². The first-order chi connectivity index (χ1) is 9.75. The van der Waals surface area contributed by atoms with Gasteiger partial charge in [-0.2, -0.15) is 0 Å². The van der Waals surface area contributed by atoms with E-state index in [9.17, 15) is 0 Å². The molecule has 96 valence electrons. The van der Waals surface area contributed by atoms with E-state index < -0.39 is 0 Å². The number of aryl methyl sites for hydroxylation is 1. The van der Waals surface area contributed by atoms with Crippen molar-refractivity contribution in [2.45, 2.75) is 6.92 Å². The number of rotatable bonds is 1. The number of benzene rings is 3. The van der Waals surface area contributed by atoms with Crippen LogP contribution in [0.1, 0.15) is 22.3 Å². The maximum atomic E-state index is 3.81.